The predicted octanol–water partition coefficient (Wildman–Crippen LogP) is 1.92. The summed E-state index contributed by atoms with van der Waals surface area (Å²) in [5.74, 6) is -2.23. The third kappa shape index (κ3) is 6.91. The van der Waals surface area contributed by atoms with Crippen LogP contribution in [0.1, 0.15) is 58.8 Å². The summed E-state index contributed by atoms with van der Waals surface area (Å²) in [5, 5.41) is 5.16. The highest BCUT2D eigenvalue weighted by Crippen LogP contribution is 2.55. The maximum atomic E-state index is 13.2. The van der Waals surface area contributed by atoms with Gasteiger partial charge in [0.05, 0.1) is 6.04 Å². The summed E-state index contributed by atoms with van der Waals surface area (Å²) in [4.78, 5) is 52.0. The van der Waals surface area contributed by atoms with Crippen LogP contribution in [0.4, 0.5) is 13.2 Å². The summed E-state index contributed by atoms with van der Waals surface area (Å²) in [6, 6.07) is -2.08. The quantitative estimate of drug-likeness (QED) is 0.502. The number of Topliss-reactive ketones (excluding diaryl/α,β-unsaturated/α-hetero) is 1. The molecule has 0 radical (unpaired) electrons. The van der Waals surface area contributed by atoms with E-state index in [2.05, 4.69) is 15.4 Å². The number of carbonyl (C=O) groups is 4. The lowest BCUT2D eigenvalue weighted by Gasteiger charge is -2.27. The molecule has 1 spiro atoms. The van der Waals surface area contributed by atoms with E-state index in [1.807, 2.05) is 13.8 Å². The smallest absolute Gasteiger partial charge is 0.356 e. The van der Waals surface area contributed by atoms with Gasteiger partial charge in [0.1, 0.15) is 12.6 Å². The van der Waals surface area contributed by atoms with Crippen LogP contribution in [0.5, 0.6) is 0 Å². The van der Waals surface area contributed by atoms with Gasteiger partial charge in [-0.05, 0) is 49.9 Å². The summed E-state index contributed by atoms with van der Waals surface area (Å²) in [7, 11) is 0. The second-order valence-corrected chi connectivity index (χ2v) is 9.95. The van der Waals surface area contributed by atoms with Crippen molar-refractivity contribution in [3.63, 3.8) is 0 Å². The van der Waals surface area contributed by atoms with E-state index in [0.29, 0.717) is 44.7 Å². The van der Waals surface area contributed by atoms with Gasteiger partial charge in [-0.25, -0.2) is 0 Å². The van der Waals surface area contributed by atoms with Crippen LogP contribution in [0.3, 0.4) is 0 Å². The molecule has 11 heteroatoms. The third-order valence-corrected chi connectivity index (χ3v) is 6.79. The van der Waals surface area contributed by atoms with Crippen molar-refractivity contribution < 1.29 is 37.1 Å². The van der Waals surface area contributed by atoms with Crippen molar-refractivity contribution in [2.24, 2.45) is 17.3 Å². The number of amides is 3. The lowest BCUT2D eigenvalue weighted by atomic mass is 9.95. The highest BCUT2D eigenvalue weighted by Gasteiger charge is 2.55. The third-order valence-electron chi connectivity index (χ3n) is 6.79. The number of rotatable bonds is 10. The molecule has 1 aliphatic carbocycles. The Morgan fingerprint density at radius 1 is 1.27 bits per heavy atom. The molecule has 0 aromatic heterocycles. The Kier molecular flexibility index (Phi) is 7.70. The Bertz CT molecular complexity index is 782. The van der Waals surface area contributed by atoms with Gasteiger partial charge in [-0.1, -0.05) is 13.8 Å². The van der Waals surface area contributed by atoms with E-state index < -0.39 is 42.7 Å². The van der Waals surface area contributed by atoms with Gasteiger partial charge < -0.3 is 15.5 Å². The molecule has 8 nitrogen and oxygen atoms in total. The van der Waals surface area contributed by atoms with E-state index >= 15 is 0 Å². The summed E-state index contributed by atoms with van der Waals surface area (Å²) in [6.07, 6.45) is -1.40. The number of nitrogens with zero attached hydrogens (tertiary/aromatic N) is 1. The zero-order chi connectivity index (χ0) is 24.4. The Morgan fingerprint density at radius 2 is 1.97 bits per heavy atom. The molecular formula is C22H32F3N3O5. The average Bonchev–Trinajstić information content (AvgIpc) is 3.18. The molecule has 3 fully saturated rings. The molecule has 3 aliphatic rings. The van der Waals surface area contributed by atoms with E-state index in [9.17, 15) is 32.3 Å². The van der Waals surface area contributed by atoms with Crippen molar-refractivity contribution in [3.05, 3.63) is 0 Å². The first-order valence-corrected chi connectivity index (χ1v) is 11.5. The minimum atomic E-state index is -4.99. The Hall–Kier alpha value is -2.17. The fraction of sp³-hybridized carbons (Fsp3) is 0.818. The zero-order valence-electron chi connectivity index (χ0n) is 19.0. The molecule has 186 valence electrons. The van der Waals surface area contributed by atoms with Crippen LogP contribution in [0.25, 0.3) is 0 Å². The molecule has 1 saturated carbocycles. The van der Waals surface area contributed by atoms with Gasteiger partial charge in [0.25, 0.3) is 0 Å². The second kappa shape index (κ2) is 9.99. The van der Waals surface area contributed by atoms with Crippen LogP contribution in [0, 0.1) is 17.3 Å². The number of hydrogen-bond donors (Lipinski definition) is 2. The van der Waals surface area contributed by atoms with E-state index in [1.54, 1.807) is 4.90 Å². The van der Waals surface area contributed by atoms with Gasteiger partial charge in [0.15, 0.2) is 5.78 Å². The number of ether oxygens (including phenoxy) is 1. The second-order valence-electron chi connectivity index (χ2n) is 9.95. The Balaban J connectivity index is 1.69. The largest absolute Gasteiger partial charge is 0.522 e. The Labute approximate surface area is 191 Å². The van der Waals surface area contributed by atoms with Crippen molar-refractivity contribution in [2.75, 3.05) is 19.7 Å². The molecule has 3 amide bonds. The van der Waals surface area contributed by atoms with Gasteiger partial charge in [-0.2, -0.15) is 0 Å². The number of likely N-dealkylation sites (tertiary alicyclic amines) is 1. The fourth-order valence-electron chi connectivity index (χ4n) is 4.59. The normalized spacial score (nSPS) is 24.8. The Morgan fingerprint density at radius 3 is 2.52 bits per heavy atom. The van der Waals surface area contributed by atoms with Crippen LogP contribution in [0.2, 0.25) is 0 Å². The van der Waals surface area contributed by atoms with Crippen LogP contribution in [-0.4, -0.2) is 66.5 Å². The first-order chi connectivity index (χ1) is 15.4. The summed E-state index contributed by atoms with van der Waals surface area (Å²) in [6.45, 7) is 3.63. The van der Waals surface area contributed by atoms with Gasteiger partial charge in [0.2, 0.25) is 17.7 Å². The maximum Gasteiger partial charge on any atom is 0.522 e. The van der Waals surface area contributed by atoms with Crippen molar-refractivity contribution in [1.82, 2.24) is 15.5 Å². The zero-order valence-corrected chi connectivity index (χ0v) is 19.0. The SMILES string of the molecule is CC(C)CCC(=O)N1CC2(CC2)C[C@H]1C(=O)NC(C[C@@H]1CCNC1=O)C(=O)COC(F)(F)F. The molecule has 3 atom stereocenters. The van der Waals surface area contributed by atoms with Crippen LogP contribution in [-0.2, 0) is 23.9 Å². The maximum absolute atomic E-state index is 13.2. The van der Waals surface area contributed by atoms with E-state index in [0.717, 1.165) is 12.8 Å². The minimum absolute atomic E-state index is 0.0836. The fourth-order valence-corrected chi connectivity index (χ4v) is 4.59. The molecule has 1 unspecified atom stereocenters. The molecule has 2 heterocycles. The number of alkyl halides is 3. The molecule has 3 rings (SSSR count). The van der Waals surface area contributed by atoms with Crippen molar-refractivity contribution in [1.29, 1.82) is 0 Å². The number of ketones is 1. The molecule has 2 N–H and O–H groups in total. The lowest BCUT2D eigenvalue weighted by molar-refractivity contribution is -0.321. The van der Waals surface area contributed by atoms with Gasteiger partial charge in [-0.15, -0.1) is 13.2 Å². The van der Waals surface area contributed by atoms with Crippen LogP contribution >= 0.6 is 0 Å². The first-order valence-electron chi connectivity index (χ1n) is 11.5. The van der Waals surface area contributed by atoms with Gasteiger partial charge in [-0.3, -0.25) is 23.9 Å². The van der Waals surface area contributed by atoms with Crippen molar-refractivity contribution >= 4 is 23.5 Å². The summed E-state index contributed by atoms with van der Waals surface area (Å²) < 4.78 is 41.0. The highest BCUT2D eigenvalue weighted by atomic mass is 19.4. The monoisotopic (exact) mass is 475 g/mol. The number of hydrogen-bond acceptors (Lipinski definition) is 5. The van der Waals surface area contributed by atoms with E-state index in [4.69, 9.17) is 0 Å². The number of halogens is 3. The van der Waals surface area contributed by atoms with Crippen molar-refractivity contribution in [2.45, 2.75) is 77.2 Å². The predicted molar refractivity (Wildman–Crippen MR) is 111 cm³/mol. The van der Waals surface area contributed by atoms with Crippen LogP contribution < -0.4 is 10.6 Å². The molecule has 0 aromatic rings. The molecule has 0 bridgehead atoms. The van der Waals surface area contributed by atoms with Crippen LogP contribution in [0.15, 0.2) is 0 Å². The minimum Gasteiger partial charge on any atom is -0.356 e. The molecule has 0 aromatic carbocycles. The average molecular weight is 476 g/mol. The van der Waals surface area contributed by atoms with E-state index in [1.165, 1.54) is 0 Å². The van der Waals surface area contributed by atoms with Gasteiger partial charge >= 0.3 is 6.36 Å². The number of nitrogens with one attached hydrogen (secondary N) is 2. The highest BCUT2D eigenvalue weighted by molar-refractivity contribution is 5.94. The first kappa shape index (κ1) is 25.5. The van der Waals surface area contributed by atoms with E-state index in [-0.39, 0.29) is 23.7 Å². The van der Waals surface area contributed by atoms with Gasteiger partial charge in [0, 0.05) is 25.4 Å². The topological polar surface area (TPSA) is 105 Å². The summed E-state index contributed by atoms with van der Waals surface area (Å²) >= 11 is 0. The standard InChI is InChI=1S/C22H32F3N3O5/c1-13(2)3-4-18(30)28-12-21(6-7-21)10-16(28)20(32)27-15(9-14-5-8-26-19(14)31)17(29)11-33-22(23,24)25/h13-16H,3-12H2,1-2H3,(H,26,31)(H,27,32)/t14-,15?,16-/m0/s1. The molecule has 2 saturated heterocycles. The molecular weight excluding hydrogens is 443 g/mol. The van der Waals surface area contributed by atoms with Crippen molar-refractivity contribution in [3.8, 4) is 0 Å². The summed E-state index contributed by atoms with van der Waals surface area (Å²) in [5.41, 5.74) is -0.0836. The lowest BCUT2D eigenvalue weighted by Crippen LogP contribution is -2.52. The molecule has 2 aliphatic heterocycles. The molecule has 33 heavy (non-hydrogen) atoms. The number of carbonyl (C=O) groups excluding carboxylic acids is 4.